The average Bonchev–Trinajstić information content (AvgIpc) is 3.76. The largest absolute Gasteiger partial charge is 0.348 e. The number of benzene rings is 3. The molecule has 3 nitrogen and oxygen atoms in total. The monoisotopic (exact) mass is 470 g/mol. The van der Waals surface area contributed by atoms with Crippen molar-refractivity contribution in [1.82, 2.24) is 5.32 Å². The minimum absolute atomic E-state index is 0.0227. The van der Waals surface area contributed by atoms with E-state index in [-0.39, 0.29) is 5.91 Å². The zero-order valence-electron chi connectivity index (χ0n) is 20.4. The highest BCUT2D eigenvalue weighted by Crippen LogP contribution is 2.46. The Morgan fingerprint density at radius 1 is 0.912 bits per heavy atom. The molecule has 0 heterocycles. The summed E-state index contributed by atoms with van der Waals surface area (Å²) >= 11 is 1.83. The molecular weight excluding hydrogens is 436 g/mol. The van der Waals surface area contributed by atoms with E-state index >= 15 is 0 Å². The lowest BCUT2D eigenvalue weighted by molar-refractivity contribution is 0.0950. The third kappa shape index (κ3) is 5.33. The summed E-state index contributed by atoms with van der Waals surface area (Å²) in [6, 6.07) is 21.8. The van der Waals surface area contributed by atoms with E-state index in [1.54, 1.807) is 0 Å². The van der Waals surface area contributed by atoms with E-state index in [4.69, 9.17) is 0 Å². The van der Waals surface area contributed by atoms with E-state index in [2.05, 4.69) is 78.8 Å². The van der Waals surface area contributed by atoms with Gasteiger partial charge in [0.2, 0.25) is 0 Å². The summed E-state index contributed by atoms with van der Waals surface area (Å²) in [5.74, 6) is 2.54. The van der Waals surface area contributed by atoms with Crippen LogP contribution < -0.4 is 10.2 Å². The van der Waals surface area contributed by atoms with E-state index in [1.807, 2.05) is 24.8 Å². The summed E-state index contributed by atoms with van der Waals surface area (Å²) in [5, 5.41) is 3.08. The highest BCUT2D eigenvalue weighted by Gasteiger charge is 2.29. The van der Waals surface area contributed by atoms with Crippen LogP contribution in [-0.4, -0.2) is 18.7 Å². The van der Waals surface area contributed by atoms with E-state index < -0.39 is 0 Å². The van der Waals surface area contributed by atoms with Gasteiger partial charge >= 0.3 is 0 Å². The minimum Gasteiger partial charge on any atom is -0.348 e. The van der Waals surface area contributed by atoms with Crippen LogP contribution >= 0.6 is 11.8 Å². The van der Waals surface area contributed by atoms with Gasteiger partial charge in [-0.2, -0.15) is 0 Å². The van der Waals surface area contributed by atoms with E-state index in [9.17, 15) is 4.79 Å². The molecule has 2 saturated carbocycles. The van der Waals surface area contributed by atoms with Crippen LogP contribution in [-0.2, 0) is 6.54 Å². The Balaban J connectivity index is 1.28. The Morgan fingerprint density at radius 3 is 2.12 bits per heavy atom. The molecule has 1 N–H and O–H groups in total. The van der Waals surface area contributed by atoms with Gasteiger partial charge < -0.3 is 10.2 Å². The summed E-state index contributed by atoms with van der Waals surface area (Å²) < 4.78 is 0. The molecule has 5 rings (SSSR count). The molecular formula is C30H34N2OS. The second kappa shape index (κ2) is 9.87. The second-order valence-electron chi connectivity index (χ2n) is 9.72. The highest BCUT2D eigenvalue weighted by molar-refractivity contribution is 7.99. The van der Waals surface area contributed by atoms with Gasteiger partial charge in [0.05, 0.1) is 0 Å². The molecule has 2 aliphatic carbocycles. The van der Waals surface area contributed by atoms with Gasteiger partial charge in [-0.15, -0.1) is 11.8 Å². The molecule has 0 aliphatic heterocycles. The fourth-order valence-corrected chi connectivity index (χ4v) is 5.23. The predicted molar refractivity (Wildman–Crippen MR) is 144 cm³/mol. The molecule has 3 aromatic carbocycles. The fourth-order valence-electron chi connectivity index (χ4n) is 4.57. The SMILES string of the molecule is CCSc1ccc(CNC(=O)c2ccc(N(C)c3cc(C4CC4)cc(C4CC4)c3)cc2C)cc1. The van der Waals surface area contributed by atoms with Crippen molar-refractivity contribution in [1.29, 1.82) is 0 Å². The molecule has 0 spiro atoms. The third-order valence-electron chi connectivity index (χ3n) is 6.98. The summed E-state index contributed by atoms with van der Waals surface area (Å²) in [6.45, 7) is 4.72. The van der Waals surface area contributed by atoms with Crippen molar-refractivity contribution in [3.05, 3.63) is 88.5 Å². The Hall–Kier alpha value is -2.72. The first-order valence-electron chi connectivity index (χ1n) is 12.5. The topological polar surface area (TPSA) is 32.3 Å². The Bertz CT molecular complexity index is 1150. The molecule has 1 amide bonds. The molecule has 0 unspecified atom stereocenters. The van der Waals surface area contributed by atoms with Gasteiger partial charge in [-0.25, -0.2) is 0 Å². The van der Waals surface area contributed by atoms with Gasteiger partial charge in [-0.3, -0.25) is 4.79 Å². The number of thioether (sulfide) groups is 1. The number of rotatable bonds is 9. The van der Waals surface area contributed by atoms with Crippen LogP contribution in [0.15, 0.2) is 65.6 Å². The van der Waals surface area contributed by atoms with Gasteiger partial charge in [-0.1, -0.05) is 25.1 Å². The summed E-state index contributed by atoms with van der Waals surface area (Å²) in [5.41, 5.74) is 8.23. The number of aryl methyl sites for hydroxylation is 1. The molecule has 0 bridgehead atoms. The summed E-state index contributed by atoms with van der Waals surface area (Å²) in [7, 11) is 2.14. The van der Waals surface area contributed by atoms with Gasteiger partial charge in [-0.05, 0) is 115 Å². The maximum Gasteiger partial charge on any atom is 0.251 e. The average molecular weight is 471 g/mol. The van der Waals surface area contributed by atoms with Crippen LogP contribution in [0.25, 0.3) is 0 Å². The van der Waals surface area contributed by atoms with Crippen LogP contribution in [0.2, 0.25) is 0 Å². The molecule has 0 aromatic heterocycles. The van der Waals surface area contributed by atoms with Gasteiger partial charge in [0.25, 0.3) is 5.91 Å². The molecule has 0 saturated heterocycles. The van der Waals surface area contributed by atoms with Crippen molar-refractivity contribution >= 4 is 29.0 Å². The second-order valence-corrected chi connectivity index (χ2v) is 11.1. The molecule has 2 fully saturated rings. The molecule has 0 radical (unpaired) electrons. The maximum absolute atomic E-state index is 12.9. The maximum atomic E-state index is 12.9. The Kier molecular flexibility index (Phi) is 6.69. The number of hydrogen-bond acceptors (Lipinski definition) is 3. The van der Waals surface area contributed by atoms with Gasteiger partial charge in [0.15, 0.2) is 0 Å². The molecule has 2 aliphatic rings. The number of amides is 1. The molecule has 0 atom stereocenters. The smallest absolute Gasteiger partial charge is 0.251 e. The first kappa shape index (κ1) is 23.0. The normalized spacial score (nSPS) is 15.3. The van der Waals surface area contributed by atoms with Crippen molar-refractivity contribution in [3.8, 4) is 0 Å². The first-order chi connectivity index (χ1) is 16.5. The number of nitrogens with one attached hydrogen (secondary N) is 1. The van der Waals surface area contributed by atoms with Crippen molar-refractivity contribution in [2.45, 2.75) is 62.8 Å². The molecule has 3 aromatic rings. The fraction of sp³-hybridized carbons (Fsp3) is 0.367. The Labute approximate surface area is 208 Å². The molecule has 34 heavy (non-hydrogen) atoms. The lowest BCUT2D eigenvalue weighted by Gasteiger charge is -2.23. The Morgan fingerprint density at radius 2 is 1.56 bits per heavy atom. The van der Waals surface area contributed by atoms with E-state index in [0.717, 1.165) is 40.0 Å². The van der Waals surface area contributed by atoms with Crippen molar-refractivity contribution in [2.75, 3.05) is 17.7 Å². The van der Waals surface area contributed by atoms with Crippen molar-refractivity contribution in [2.24, 2.45) is 0 Å². The quantitative estimate of drug-likeness (QED) is 0.328. The number of nitrogens with zero attached hydrogens (tertiary/aromatic N) is 1. The lowest BCUT2D eigenvalue weighted by atomic mass is 10.0. The molecule has 176 valence electrons. The molecule has 4 heteroatoms. The highest BCUT2D eigenvalue weighted by atomic mass is 32.2. The van der Waals surface area contributed by atoms with Crippen LogP contribution in [0.1, 0.15) is 77.1 Å². The van der Waals surface area contributed by atoms with Crippen LogP contribution in [0, 0.1) is 6.92 Å². The number of anilines is 2. The number of carbonyl (C=O) groups is 1. The van der Waals surface area contributed by atoms with Crippen LogP contribution in [0.3, 0.4) is 0 Å². The third-order valence-corrected chi connectivity index (χ3v) is 7.87. The van der Waals surface area contributed by atoms with Crippen LogP contribution in [0.4, 0.5) is 11.4 Å². The zero-order chi connectivity index (χ0) is 23.7. The van der Waals surface area contributed by atoms with E-state index in [1.165, 1.54) is 47.4 Å². The van der Waals surface area contributed by atoms with Crippen molar-refractivity contribution < 1.29 is 4.79 Å². The minimum atomic E-state index is -0.0227. The summed E-state index contributed by atoms with van der Waals surface area (Å²) in [4.78, 5) is 16.4. The first-order valence-corrected chi connectivity index (χ1v) is 13.5. The number of carbonyl (C=O) groups excluding carboxylic acids is 1. The predicted octanol–water partition coefficient (Wildman–Crippen LogP) is 7.56. The standard InChI is InChI=1S/C30H34N2OS/c1-4-34-28-12-5-21(6-13-28)19-31-30(33)29-14-11-26(15-20(29)2)32(3)27-17-24(22-7-8-22)16-25(18-27)23-9-10-23/h5-6,11-18,22-23H,4,7-10,19H2,1-3H3,(H,31,33). The lowest BCUT2D eigenvalue weighted by Crippen LogP contribution is -2.23. The van der Waals surface area contributed by atoms with Gasteiger partial charge in [0.1, 0.15) is 0 Å². The zero-order valence-corrected chi connectivity index (χ0v) is 21.3. The van der Waals surface area contributed by atoms with Gasteiger partial charge in [0, 0.05) is 35.4 Å². The summed E-state index contributed by atoms with van der Waals surface area (Å²) in [6.07, 6.45) is 5.29. The van der Waals surface area contributed by atoms with E-state index in [0.29, 0.717) is 6.54 Å². The van der Waals surface area contributed by atoms with Crippen molar-refractivity contribution in [3.63, 3.8) is 0 Å². The van der Waals surface area contributed by atoms with Crippen LogP contribution in [0.5, 0.6) is 0 Å². The number of hydrogen-bond donors (Lipinski definition) is 1.